The molecule has 1 rings (SSSR count). The molecule has 1 heterocycles. The Morgan fingerprint density at radius 2 is 2.08 bits per heavy atom. The van der Waals surface area contributed by atoms with Gasteiger partial charge in [-0.05, 0) is 18.9 Å². The van der Waals surface area contributed by atoms with Crippen LogP contribution >= 0.6 is 0 Å². The summed E-state index contributed by atoms with van der Waals surface area (Å²) in [6, 6.07) is -0.561. The summed E-state index contributed by atoms with van der Waals surface area (Å²) in [5, 5.41) is 19.7. The predicted octanol–water partition coefficient (Wildman–Crippen LogP) is -0.476. The maximum Gasteiger partial charge on any atom is 0.320 e. The topological polar surface area (TPSA) is 86.6 Å². The predicted molar refractivity (Wildman–Crippen MR) is 39.8 cm³/mol. The molecular weight excluding hydrogens is 162 g/mol. The second kappa shape index (κ2) is 3.53. The lowest BCUT2D eigenvalue weighted by Gasteiger charge is -2.02. The summed E-state index contributed by atoms with van der Waals surface area (Å²) in [4.78, 5) is 20.7. The third-order valence-corrected chi connectivity index (χ3v) is 1.98. The zero-order chi connectivity index (χ0) is 9.14. The number of nitrogens with one attached hydrogen (secondary N) is 1. The summed E-state index contributed by atoms with van der Waals surface area (Å²) >= 11 is 0. The third-order valence-electron chi connectivity index (χ3n) is 1.98. The van der Waals surface area contributed by atoms with E-state index in [1.807, 2.05) is 0 Å². The van der Waals surface area contributed by atoms with Crippen LogP contribution < -0.4 is 5.32 Å². The van der Waals surface area contributed by atoms with Crippen LogP contribution in [0.15, 0.2) is 0 Å². The molecule has 5 nitrogen and oxygen atoms in total. The molecule has 1 fully saturated rings. The molecule has 0 saturated carbocycles. The van der Waals surface area contributed by atoms with Gasteiger partial charge in [0.05, 0.1) is 0 Å². The van der Waals surface area contributed by atoms with Crippen molar-refractivity contribution < 1.29 is 19.8 Å². The highest BCUT2D eigenvalue weighted by atomic mass is 16.4. The summed E-state index contributed by atoms with van der Waals surface area (Å²) in [6.45, 7) is 0.489. The normalized spacial score (nSPS) is 28.7. The van der Waals surface area contributed by atoms with Crippen LogP contribution in [-0.2, 0) is 9.59 Å². The monoisotopic (exact) mass is 173 g/mol. The SMILES string of the molecule is O=C(O)C[C@H]1CN[C@H](C(=O)O)C1. The van der Waals surface area contributed by atoms with Crippen molar-refractivity contribution in [3.05, 3.63) is 0 Å². The van der Waals surface area contributed by atoms with Crippen molar-refractivity contribution >= 4 is 11.9 Å². The first kappa shape index (κ1) is 8.99. The van der Waals surface area contributed by atoms with Gasteiger partial charge in [0.15, 0.2) is 0 Å². The Morgan fingerprint density at radius 3 is 2.50 bits per heavy atom. The fraction of sp³-hybridized carbons (Fsp3) is 0.714. The maximum absolute atomic E-state index is 10.4. The van der Waals surface area contributed by atoms with Crippen molar-refractivity contribution in [3.63, 3.8) is 0 Å². The van der Waals surface area contributed by atoms with Crippen molar-refractivity contribution in [1.82, 2.24) is 5.32 Å². The van der Waals surface area contributed by atoms with E-state index >= 15 is 0 Å². The average molecular weight is 173 g/mol. The second-order valence-electron chi connectivity index (χ2n) is 3.00. The van der Waals surface area contributed by atoms with Gasteiger partial charge in [-0.3, -0.25) is 9.59 Å². The van der Waals surface area contributed by atoms with Gasteiger partial charge in [-0.1, -0.05) is 0 Å². The Labute approximate surface area is 69.4 Å². The smallest absolute Gasteiger partial charge is 0.320 e. The Kier molecular flexibility index (Phi) is 2.65. The number of carboxylic acid groups (broad SMARTS) is 2. The van der Waals surface area contributed by atoms with Crippen LogP contribution in [0.5, 0.6) is 0 Å². The molecule has 2 atom stereocenters. The number of carboxylic acids is 2. The molecule has 68 valence electrons. The Balaban J connectivity index is 2.35. The van der Waals surface area contributed by atoms with Gasteiger partial charge < -0.3 is 15.5 Å². The van der Waals surface area contributed by atoms with E-state index in [-0.39, 0.29) is 12.3 Å². The molecule has 0 aromatic rings. The summed E-state index contributed by atoms with van der Waals surface area (Å²) in [5.41, 5.74) is 0. The van der Waals surface area contributed by atoms with Crippen molar-refractivity contribution in [2.45, 2.75) is 18.9 Å². The zero-order valence-corrected chi connectivity index (χ0v) is 6.49. The van der Waals surface area contributed by atoms with Gasteiger partial charge in [0, 0.05) is 6.42 Å². The van der Waals surface area contributed by atoms with Crippen molar-refractivity contribution in [3.8, 4) is 0 Å². The molecule has 1 saturated heterocycles. The number of hydrogen-bond donors (Lipinski definition) is 3. The van der Waals surface area contributed by atoms with Crippen LogP contribution in [0.25, 0.3) is 0 Å². The van der Waals surface area contributed by atoms with Gasteiger partial charge in [0.1, 0.15) is 6.04 Å². The van der Waals surface area contributed by atoms with Gasteiger partial charge in [0.2, 0.25) is 0 Å². The third kappa shape index (κ3) is 2.20. The molecule has 0 unspecified atom stereocenters. The Bertz CT molecular complexity index is 204. The van der Waals surface area contributed by atoms with E-state index in [0.717, 1.165) is 0 Å². The average Bonchev–Trinajstić information content (AvgIpc) is 2.34. The van der Waals surface area contributed by atoms with E-state index in [9.17, 15) is 9.59 Å². The van der Waals surface area contributed by atoms with Crippen LogP contribution in [0.1, 0.15) is 12.8 Å². The molecule has 0 radical (unpaired) electrons. The number of rotatable bonds is 3. The van der Waals surface area contributed by atoms with Crippen LogP contribution in [0.3, 0.4) is 0 Å². The summed E-state index contributed by atoms with van der Waals surface area (Å²) in [6.07, 6.45) is 0.471. The highest BCUT2D eigenvalue weighted by Crippen LogP contribution is 2.17. The highest BCUT2D eigenvalue weighted by molar-refractivity contribution is 5.74. The van der Waals surface area contributed by atoms with E-state index in [1.165, 1.54) is 0 Å². The quantitative estimate of drug-likeness (QED) is 0.536. The van der Waals surface area contributed by atoms with Crippen LogP contribution in [0.4, 0.5) is 0 Å². The minimum atomic E-state index is -0.900. The molecule has 0 spiro atoms. The largest absolute Gasteiger partial charge is 0.481 e. The standard InChI is InChI=1S/C7H11NO4/c9-6(10)2-4-1-5(7(11)12)8-3-4/h4-5,8H,1-3H2,(H,9,10)(H,11,12)/t4-,5-/m0/s1. The molecule has 0 amide bonds. The second-order valence-corrected chi connectivity index (χ2v) is 3.00. The first-order valence-electron chi connectivity index (χ1n) is 3.77. The van der Waals surface area contributed by atoms with Gasteiger partial charge in [0.25, 0.3) is 0 Å². The number of hydrogen-bond acceptors (Lipinski definition) is 3. The summed E-state index contributed by atoms with van der Waals surface area (Å²) in [7, 11) is 0. The number of carbonyl (C=O) groups is 2. The molecular formula is C7H11NO4. The molecule has 5 heteroatoms. The zero-order valence-electron chi connectivity index (χ0n) is 6.49. The molecule has 0 aromatic carbocycles. The van der Waals surface area contributed by atoms with Crippen LogP contribution in [0.2, 0.25) is 0 Å². The Hall–Kier alpha value is -1.10. The summed E-state index contributed by atoms with van der Waals surface area (Å²) < 4.78 is 0. The van der Waals surface area contributed by atoms with Crippen LogP contribution in [0, 0.1) is 5.92 Å². The highest BCUT2D eigenvalue weighted by Gasteiger charge is 2.30. The van der Waals surface area contributed by atoms with E-state index < -0.39 is 18.0 Å². The first-order valence-corrected chi connectivity index (χ1v) is 3.77. The lowest BCUT2D eigenvalue weighted by Crippen LogP contribution is -2.29. The van der Waals surface area contributed by atoms with Crippen LogP contribution in [-0.4, -0.2) is 34.7 Å². The van der Waals surface area contributed by atoms with E-state index in [1.54, 1.807) is 0 Å². The maximum atomic E-state index is 10.4. The van der Waals surface area contributed by atoms with E-state index in [0.29, 0.717) is 13.0 Å². The minimum absolute atomic E-state index is 0.0383. The molecule has 12 heavy (non-hydrogen) atoms. The first-order chi connectivity index (χ1) is 5.59. The van der Waals surface area contributed by atoms with Crippen molar-refractivity contribution in [2.75, 3.05) is 6.54 Å². The fourth-order valence-corrected chi connectivity index (χ4v) is 1.40. The molecule has 0 aliphatic carbocycles. The molecule has 1 aliphatic heterocycles. The van der Waals surface area contributed by atoms with E-state index in [4.69, 9.17) is 10.2 Å². The van der Waals surface area contributed by atoms with Gasteiger partial charge >= 0.3 is 11.9 Å². The molecule has 1 aliphatic rings. The van der Waals surface area contributed by atoms with E-state index in [2.05, 4.69) is 5.32 Å². The van der Waals surface area contributed by atoms with Gasteiger partial charge in [-0.15, -0.1) is 0 Å². The summed E-state index contributed by atoms with van der Waals surface area (Å²) in [5.74, 6) is -1.81. The lowest BCUT2D eigenvalue weighted by molar-refractivity contribution is -0.140. The Morgan fingerprint density at radius 1 is 1.42 bits per heavy atom. The van der Waals surface area contributed by atoms with Crippen molar-refractivity contribution in [1.29, 1.82) is 0 Å². The minimum Gasteiger partial charge on any atom is -0.481 e. The van der Waals surface area contributed by atoms with Crippen molar-refractivity contribution in [2.24, 2.45) is 5.92 Å². The lowest BCUT2D eigenvalue weighted by atomic mass is 10.0. The number of aliphatic carboxylic acids is 2. The van der Waals surface area contributed by atoms with Gasteiger partial charge in [-0.2, -0.15) is 0 Å². The molecule has 0 bridgehead atoms. The molecule has 0 aromatic heterocycles. The molecule has 3 N–H and O–H groups in total. The van der Waals surface area contributed by atoms with Gasteiger partial charge in [-0.25, -0.2) is 0 Å². The fourth-order valence-electron chi connectivity index (χ4n) is 1.40.